The first-order valence-corrected chi connectivity index (χ1v) is 6.06. The SMILES string of the molecule is CC(C)CN(CCc1ccccc1)CC(=O)O. The van der Waals surface area contributed by atoms with Gasteiger partial charge in [-0.25, -0.2) is 0 Å². The molecular formula is C14H21NO2. The number of hydrogen-bond donors (Lipinski definition) is 1. The minimum Gasteiger partial charge on any atom is -0.480 e. The van der Waals surface area contributed by atoms with Crippen LogP contribution in [0.5, 0.6) is 0 Å². The minimum absolute atomic E-state index is 0.130. The molecule has 0 spiro atoms. The van der Waals surface area contributed by atoms with Gasteiger partial charge in [-0.15, -0.1) is 0 Å². The Bertz CT molecular complexity index is 335. The largest absolute Gasteiger partial charge is 0.480 e. The van der Waals surface area contributed by atoms with E-state index in [1.54, 1.807) is 0 Å². The van der Waals surface area contributed by atoms with Crippen molar-refractivity contribution in [3.05, 3.63) is 35.9 Å². The van der Waals surface area contributed by atoms with E-state index in [1.165, 1.54) is 5.56 Å². The van der Waals surface area contributed by atoms with E-state index in [-0.39, 0.29) is 6.54 Å². The van der Waals surface area contributed by atoms with Crippen molar-refractivity contribution in [1.29, 1.82) is 0 Å². The molecule has 0 amide bonds. The summed E-state index contributed by atoms with van der Waals surface area (Å²) in [5, 5.41) is 8.85. The molecule has 0 aliphatic rings. The van der Waals surface area contributed by atoms with Gasteiger partial charge in [0, 0.05) is 13.1 Å². The van der Waals surface area contributed by atoms with Crippen molar-refractivity contribution in [2.75, 3.05) is 19.6 Å². The summed E-state index contributed by atoms with van der Waals surface area (Å²) >= 11 is 0. The van der Waals surface area contributed by atoms with Crippen LogP contribution in [0.15, 0.2) is 30.3 Å². The molecule has 0 bridgehead atoms. The molecule has 0 fully saturated rings. The van der Waals surface area contributed by atoms with E-state index in [0.717, 1.165) is 19.5 Å². The van der Waals surface area contributed by atoms with Crippen LogP contribution in [0.2, 0.25) is 0 Å². The van der Waals surface area contributed by atoms with Crippen molar-refractivity contribution >= 4 is 5.97 Å². The molecule has 0 heterocycles. The van der Waals surface area contributed by atoms with Crippen molar-refractivity contribution in [3.8, 4) is 0 Å². The topological polar surface area (TPSA) is 40.5 Å². The van der Waals surface area contributed by atoms with Gasteiger partial charge in [0.15, 0.2) is 0 Å². The van der Waals surface area contributed by atoms with Gasteiger partial charge in [-0.05, 0) is 17.9 Å². The lowest BCUT2D eigenvalue weighted by Gasteiger charge is -2.22. The fraction of sp³-hybridized carbons (Fsp3) is 0.500. The molecule has 3 heteroatoms. The summed E-state index contributed by atoms with van der Waals surface area (Å²) < 4.78 is 0. The Balaban J connectivity index is 2.45. The predicted molar refractivity (Wildman–Crippen MR) is 69.1 cm³/mol. The Hall–Kier alpha value is -1.35. The molecule has 0 aromatic heterocycles. The maximum atomic E-state index is 10.8. The third-order valence-electron chi connectivity index (χ3n) is 2.54. The molecular weight excluding hydrogens is 214 g/mol. The lowest BCUT2D eigenvalue weighted by Crippen LogP contribution is -2.34. The van der Waals surface area contributed by atoms with Gasteiger partial charge in [0.2, 0.25) is 0 Å². The van der Waals surface area contributed by atoms with E-state index in [1.807, 2.05) is 23.1 Å². The highest BCUT2D eigenvalue weighted by Gasteiger charge is 2.11. The van der Waals surface area contributed by atoms with Crippen LogP contribution >= 0.6 is 0 Å². The Kier molecular flexibility index (Phi) is 5.70. The van der Waals surface area contributed by atoms with E-state index < -0.39 is 5.97 Å². The van der Waals surface area contributed by atoms with E-state index >= 15 is 0 Å². The van der Waals surface area contributed by atoms with Gasteiger partial charge in [-0.3, -0.25) is 9.69 Å². The first-order chi connectivity index (χ1) is 8.08. The Morgan fingerprint density at radius 1 is 1.29 bits per heavy atom. The van der Waals surface area contributed by atoms with Crippen molar-refractivity contribution < 1.29 is 9.90 Å². The quantitative estimate of drug-likeness (QED) is 0.788. The Labute approximate surface area is 103 Å². The van der Waals surface area contributed by atoms with Crippen molar-refractivity contribution in [2.45, 2.75) is 20.3 Å². The van der Waals surface area contributed by atoms with Gasteiger partial charge in [0.25, 0.3) is 0 Å². The molecule has 1 aromatic rings. The summed E-state index contributed by atoms with van der Waals surface area (Å²) in [5.41, 5.74) is 1.26. The maximum absolute atomic E-state index is 10.8. The molecule has 17 heavy (non-hydrogen) atoms. The zero-order valence-corrected chi connectivity index (χ0v) is 10.6. The molecule has 0 aliphatic carbocycles. The van der Waals surface area contributed by atoms with Gasteiger partial charge in [0.1, 0.15) is 0 Å². The number of hydrogen-bond acceptors (Lipinski definition) is 2. The molecule has 1 rings (SSSR count). The van der Waals surface area contributed by atoms with Crippen LogP contribution in [0, 0.1) is 5.92 Å². The molecule has 3 nitrogen and oxygen atoms in total. The first-order valence-electron chi connectivity index (χ1n) is 6.06. The monoisotopic (exact) mass is 235 g/mol. The second-order valence-corrected chi connectivity index (χ2v) is 4.76. The van der Waals surface area contributed by atoms with Crippen LogP contribution in [-0.4, -0.2) is 35.6 Å². The van der Waals surface area contributed by atoms with Crippen LogP contribution in [0.3, 0.4) is 0 Å². The van der Waals surface area contributed by atoms with Gasteiger partial charge < -0.3 is 5.11 Å². The van der Waals surface area contributed by atoms with Gasteiger partial charge in [-0.2, -0.15) is 0 Å². The molecule has 0 radical (unpaired) electrons. The average molecular weight is 235 g/mol. The van der Waals surface area contributed by atoms with E-state index in [4.69, 9.17) is 5.11 Å². The number of carboxylic acids is 1. The Morgan fingerprint density at radius 3 is 2.47 bits per heavy atom. The van der Waals surface area contributed by atoms with Crippen molar-refractivity contribution in [2.24, 2.45) is 5.92 Å². The van der Waals surface area contributed by atoms with Crippen LogP contribution in [0.25, 0.3) is 0 Å². The van der Waals surface area contributed by atoms with E-state index in [0.29, 0.717) is 5.92 Å². The smallest absolute Gasteiger partial charge is 0.317 e. The summed E-state index contributed by atoms with van der Waals surface area (Å²) in [4.78, 5) is 12.8. The van der Waals surface area contributed by atoms with Crippen LogP contribution < -0.4 is 0 Å². The van der Waals surface area contributed by atoms with Gasteiger partial charge in [-0.1, -0.05) is 44.2 Å². The summed E-state index contributed by atoms with van der Waals surface area (Å²) in [6.07, 6.45) is 0.904. The summed E-state index contributed by atoms with van der Waals surface area (Å²) in [6, 6.07) is 10.2. The number of nitrogens with zero attached hydrogens (tertiary/aromatic N) is 1. The molecule has 1 N–H and O–H groups in total. The molecule has 0 saturated heterocycles. The first kappa shape index (κ1) is 13.7. The highest BCUT2D eigenvalue weighted by atomic mass is 16.4. The van der Waals surface area contributed by atoms with E-state index in [2.05, 4.69) is 26.0 Å². The maximum Gasteiger partial charge on any atom is 0.317 e. The normalized spacial score (nSPS) is 11.1. The molecule has 94 valence electrons. The molecule has 1 aromatic carbocycles. The van der Waals surface area contributed by atoms with Gasteiger partial charge >= 0.3 is 5.97 Å². The third kappa shape index (κ3) is 6.07. The van der Waals surface area contributed by atoms with Crippen molar-refractivity contribution in [1.82, 2.24) is 4.90 Å². The number of aliphatic carboxylic acids is 1. The summed E-state index contributed by atoms with van der Waals surface area (Å²) in [5.74, 6) is -0.260. The summed E-state index contributed by atoms with van der Waals surface area (Å²) in [6.45, 7) is 5.98. The average Bonchev–Trinajstić information content (AvgIpc) is 2.26. The number of carboxylic acid groups (broad SMARTS) is 1. The van der Waals surface area contributed by atoms with Crippen LogP contribution in [-0.2, 0) is 11.2 Å². The number of rotatable bonds is 7. The molecule has 0 saturated carbocycles. The zero-order chi connectivity index (χ0) is 12.7. The number of benzene rings is 1. The second-order valence-electron chi connectivity index (χ2n) is 4.76. The molecule has 0 atom stereocenters. The third-order valence-corrected chi connectivity index (χ3v) is 2.54. The minimum atomic E-state index is -0.751. The zero-order valence-electron chi connectivity index (χ0n) is 10.6. The standard InChI is InChI=1S/C14H21NO2/c1-12(2)10-15(11-14(16)17)9-8-13-6-4-3-5-7-13/h3-7,12H,8-11H2,1-2H3,(H,16,17). The summed E-state index contributed by atoms with van der Waals surface area (Å²) in [7, 11) is 0. The lowest BCUT2D eigenvalue weighted by atomic mass is 10.1. The van der Waals surface area contributed by atoms with Crippen molar-refractivity contribution in [3.63, 3.8) is 0 Å². The highest BCUT2D eigenvalue weighted by Crippen LogP contribution is 2.04. The fourth-order valence-electron chi connectivity index (χ4n) is 1.87. The lowest BCUT2D eigenvalue weighted by molar-refractivity contribution is -0.138. The Morgan fingerprint density at radius 2 is 1.94 bits per heavy atom. The molecule has 0 unspecified atom stereocenters. The van der Waals surface area contributed by atoms with Gasteiger partial charge in [0.05, 0.1) is 6.54 Å². The van der Waals surface area contributed by atoms with Crippen LogP contribution in [0.4, 0.5) is 0 Å². The van der Waals surface area contributed by atoms with E-state index in [9.17, 15) is 4.79 Å². The second kappa shape index (κ2) is 7.07. The molecule has 0 aliphatic heterocycles. The predicted octanol–water partition coefficient (Wildman–Crippen LogP) is 2.27. The number of carbonyl (C=O) groups is 1. The van der Waals surface area contributed by atoms with Crippen LogP contribution in [0.1, 0.15) is 19.4 Å². The highest BCUT2D eigenvalue weighted by molar-refractivity contribution is 5.69. The fourth-order valence-corrected chi connectivity index (χ4v) is 1.87.